The lowest BCUT2D eigenvalue weighted by molar-refractivity contribution is -0.172. The number of esters is 3. The van der Waals surface area contributed by atoms with Crippen LogP contribution in [0.5, 0.6) is 0 Å². The molecule has 3 saturated heterocycles. The quantitative estimate of drug-likeness (QED) is 0.289. The topological polar surface area (TPSA) is 106 Å². The lowest BCUT2D eigenvalue weighted by Crippen LogP contribution is -2.60. The van der Waals surface area contributed by atoms with Crippen molar-refractivity contribution in [2.24, 2.45) is 17.8 Å². The van der Waals surface area contributed by atoms with E-state index in [0.717, 1.165) is 0 Å². The summed E-state index contributed by atoms with van der Waals surface area (Å²) in [4.78, 5) is 43.9. The molecule has 9 heteroatoms. The molecule has 0 aromatic carbocycles. The van der Waals surface area contributed by atoms with Crippen LogP contribution in [0.2, 0.25) is 0 Å². The Morgan fingerprint density at radius 2 is 0.800 bits per heavy atom. The van der Waals surface area contributed by atoms with Crippen molar-refractivity contribution in [1.29, 1.82) is 0 Å². The van der Waals surface area contributed by atoms with Gasteiger partial charge in [0.1, 0.15) is 18.3 Å². The smallest absolute Gasteiger partial charge is 0.310 e. The maximum absolute atomic E-state index is 13.9. The Labute approximate surface area is 272 Å². The molecule has 0 aromatic heterocycles. The van der Waals surface area contributed by atoms with Gasteiger partial charge in [-0.2, -0.15) is 0 Å². The largest absolute Gasteiger partial charge is 0.462 e. The minimum Gasteiger partial charge on any atom is -0.462 e. The molecule has 4 rings (SSSR count). The van der Waals surface area contributed by atoms with Gasteiger partial charge in [-0.25, -0.2) is 0 Å². The van der Waals surface area contributed by atoms with E-state index in [0.29, 0.717) is 38.5 Å². The Morgan fingerprint density at radius 3 is 1.13 bits per heavy atom. The van der Waals surface area contributed by atoms with E-state index in [9.17, 15) is 14.4 Å². The average Bonchev–Trinajstić information content (AvgIpc) is 3.24. The number of carbonyl (C=O) groups excluding carboxylic acids is 3. The van der Waals surface area contributed by atoms with Crippen LogP contribution in [0.15, 0.2) is 0 Å². The summed E-state index contributed by atoms with van der Waals surface area (Å²) in [5.41, 5.74) is -1.05. The fourth-order valence-corrected chi connectivity index (χ4v) is 9.50. The summed E-state index contributed by atoms with van der Waals surface area (Å²) < 4.78 is 18.5. The lowest BCUT2D eigenvalue weighted by atomic mass is 9.78. The number of hydrogen-bond donors (Lipinski definition) is 2. The summed E-state index contributed by atoms with van der Waals surface area (Å²) in [6, 6.07) is 0. The van der Waals surface area contributed by atoms with E-state index in [1.165, 1.54) is 0 Å². The summed E-state index contributed by atoms with van der Waals surface area (Å²) in [6.45, 7) is 25.6. The zero-order valence-corrected chi connectivity index (χ0v) is 30.5. The fraction of sp³-hybridized carbons (Fsp3) is 0.917. The second-order valence-corrected chi connectivity index (χ2v) is 18.8. The van der Waals surface area contributed by atoms with Crippen LogP contribution in [-0.4, -0.2) is 81.4 Å². The van der Waals surface area contributed by atoms with Crippen LogP contribution in [0, 0.1) is 17.8 Å². The molecule has 4 aliphatic rings. The molecule has 258 valence electrons. The number of nitrogens with one attached hydrogen (secondary N) is 2. The number of hydrogen-bond acceptors (Lipinski definition) is 9. The van der Waals surface area contributed by atoms with E-state index >= 15 is 0 Å². The van der Waals surface area contributed by atoms with E-state index in [1.807, 2.05) is 0 Å². The Bertz CT molecular complexity index is 1090. The maximum atomic E-state index is 13.9. The highest BCUT2D eigenvalue weighted by atomic mass is 16.6. The minimum atomic E-state index is -0.746. The van der Waals surface area contributed by atoms with E-state index < -0.39 is 29.7 Å². The van der Waals surface area contributed by atoms with Gasteiger partial charge in [0, 0.05) is 71.8 Å². The predicted octanol–water partition coefficient (Wildman–Crippen LogP) is 5.53. The van der Waals surface area contributed by atoms with Crippen LogP contribution >= 0.6 is 0 Å². The van der Waals surface area contributed by atoms with Crippen molar-refractivity contribution in [2.45, 2.75) is 186 Å². The second-order valence-electron chi connectivity index (χ2n) is 18.8. The molecule has 1 aliphatic carbocycles. The van der Waals surface area contributed by atoms with E-state index in [1.54, 1.807) is 0 Å². The fourth-order valence-electron chi connectivity index (χ4n) is 9.50. The van der Waals surface area contributed by atoms with Gasteiger partial charge < -0.3 is 24.8 Å². The van der Waals surface area contributed by atoms with Gasteiger partial charge in [0.2, 0.25) is 0 Å². The van der Waals surface area contributed by atoms with Gasteiger partial charge in [-0.05, 0) is 103 Å². The number of carbonyl (C=O) groups is 3. The van der Waals surface area contributed by atoms with Crippen molar-refractivity contribution < 1.29 is 28.6 Å². The molecule has 0 spiro atoms. The van der Waals surface area contributed by atoms with Gasteiger partial charge in [0.05, 0.1) is 17.8 Å². The average molecular weight is 634 g/mol. The van der Waals surface area contributed by atoms with E-state index in [2.05, 4.69) is 106 Å². The summed E-state index contributed by atoms with van der Waals surface area (Å²) in [7, 11) is 2.12. The molecule has 3 aliphatic heterocycles. The first kappa shape index (κ1) is 36.1. The van der Waals surface area contributed by atoms with E-state index in [-0.39, 0.29) is 70.4 Å². The highest BCUT2D eigenvalue weighted by Gasteiger charge is 2.51. The molecule has 0 aromatic rings. The van der Waals surface area contributed by atoms with Gasteiger partial charge in [-0.15, -0.1) is 0 Å². The zero-order chi connectivity index (χ0) is 34.0. The first-order valence-corrected chi connectivity index (χ1v) is 17.2. The molecule has 3 heterocycles. The summed E-state index contributed by atoms with van der Waals surface area (Å²) >= 11 is 0. The highest BCUT2D eigenvalue weighted by Crippen LogP contribution is 2.43. The standard InChI is InChI=1S/C36H63N3O6/c1-31(2)16-23(17-32(3,4)37-31)43-28(40)22-14-26(29(41)44-24-18-33(5,6)38-34(7,8)19-24)27(15-22)30(42)45-25-20-35(9,10)39(13)36(11,12)21-25/h22-27,37-38H,14-21H2,1-13H3. The van der Waals surface area contributed by atoms with Gasteiger partial charge in [0.25, 0.3) is 0 Å². The van der Waals surface area contributed by atoms with Crippen molar-refractivity contribution in [2.75, 3.05) is 7.05 Å². The van der Waals surface area contributed by atoms with Gasteiger partial charge in [-0.1, -0.05) is 0 Å². The summed E-state index contributed by atoms with van der Waals surface area (Å²) in [6.07, 6.45) is 3.85. The molecule has 3 atom stereocenters. The summed E-state index contributed by atoms with van der Waals surface area (Å²) in [5.74, 6) is -3.18. The molecule has 0 bridgehead atoms. The number of rotatable bonds is 6. The van der Waals surface area contributed by atoms with Crippen LogP contribution < -0.4 is 10.6 Å². The molecule has 0 radical (unpaired) electrons. The first-order valence-electron chi connectivity index (χ1n) is 17.2. The molecule has 3 unspecified atom stereocenters. The monoisotopic (exact) mass is 633 g/mol. The second kappa shape index (κ2) is 12.1. The molecule has 2 N–H and O–H groups in total. The van der Waals surface area contributed by atoms with Crippen molar-refractivity contribution in [3.8, 4) is 0 Å². The Hall–Kier alpha value is -1.71. The highest BCUT2D eigenvalue weighted by molar-refractivity contribution is 5.85. The number of ether oxygens (including phenoxy) is 3. The predicted molar refractivity (Wildman–Crippen MR) is 176 cm³/mol. The first-order chi connectivity index (χ1) is 20.3. The zero-order valence-electron chi connectivity index (χ0n) is 30.5. The minimum absolute atomic E-state index is 0.155. The van der Waals surface area contributed by atoms with Crippen LogP contribution in [0.1, 0.15) is 134 Å². The van der Waals surface area contributed by atoms with Crippen molar-refractivity contribution in [1.82, 2.24) is 15.5 Å². The van der Waals surface area contributed by atoms with Crippen molar-refractivity contribution in [3.63, 3.8) is 0 Å². The third kappa shape index (κ3) is 8.81. The molecule has 45 heavy (non-hydrogen) atoms. The van der Waals surface area contributed by atoms with Gasteiger partial charge >= 0.3 is 17.9 Å². The molecule has 4 fully saturated rings. The lowest BCUT2D eigenvalue weighted by Gasteiger charge is -2.53. The number of nitrogens with zero attached hydrogens (tertiary/aromatic N) is 1. The Kier molecular flexibility index (Phi) is 9.69. The molecule has 0 amide bonds. The van der Waals surface area contributed by atoms with Crippen LogP contribution in [-0.2, 0) is 28.6 Å². The third-order valence-corrected chi connectivity index (χ3v) is 10.9. The third-order valence-electron chi connectivity index (χ3n) is 10.9. The number of piperidine rings is 3. The summed E-state index contributed by atoms with van der Waals surface area (Å²) in [5, 5.41) is 7.26. The molecular weight excluding hydrogens is 570 g/mol. The Morgan fingerprint density at radius 1 is 0.511 bits per heavy atom. The van der Waals surface area contributed by atoms with Crippen LogP contribution in [0.3, 0.4) is 0 Å². The van der Waals surface area contributed by atoms with Crippen molar-refractivity contribution >= 4 is 17.9 Å². The van der Waals surface area contributed by atoms with Gasteiger partial charge in [-0.3, -0.25) is 19.3 Å². The van der Waals surface area contributed by atoms with Gasteiger partial charge in [0.15, 0.2) is 0 Å². The van der Waals surface area contributed by atoms with Crippen LogP contribution in [0.25, 0.3) is 0 Å². The molecular formula is C36H63N3O6. The normalized spacial score (nSPS) is 32.9. The molecule has 1 saturated carbocycles. The van der Waals surface area contributed by atoms with Crippen LogP contribution in [0.4, 0.5) is 0 Å². The Balaban J connectivity index is 1.51. The van der Waals surface area contributed by atoms with Crippen molar-refractivity contribution in [3.05, 3.63) is 0 Å². The number of likely N-dealkylation sites (tertiary alicyclic amines) is 1. The SMILES string of the molecule is CN1C(C)(C)CC(OC(=O)C2CC(C(=O)OC3CC(C)(C)NC(C)(C)C3)CC2C(=O)OC2CC(C)(C)NC(C)(C)C2)CC1(C)C. The molecule has 9 nitrogen and oxygen atoms in total. The van der Waals surface area contributed by atoms with E-state index in [4.69, 9.17) is 14.2 Å². The maximum Gasteiger partial charge on any atom is 0.310 e.